The molecule has 0 aliphatic rings. The van der Waals surface area contributed by atoms with Gasteiger partial charge in [0.25, 0.3) is 0 Å². The summed E-state index contributed by atoms with van der Waals surface area (Å²) in [5.74, 6) is -0.730. The van der Waals surface area contributed by atoms with Gasteiger partial charge < -0.3 is 15.3 Å². The first-order valence-corrected chi connectivity index (χ1v) is 12.2. The maximum atomic E-state index is 13.3. The molecule has 0 unspecified atom stereocenters. The van der Waals surface area contributed by atoms with Crippen LogP contribution in [0.5, 0.6) is 17.2 Å². The van der Waals surface area contributed by atoms with E-state index in [4.69, 9.17) is 4.99 Å². The van der Waals surface area contributed by atoms with Crippen molar-refractivity contribution < 1.29 is 36.6 Å². The van der Waals surface area contributed by atoms with Gasteiger partial charge in [-0.3, -0.25) is 9.79 Å². The fourth-order valence-electron chi connectivity index (χ4n) is 4.21. The van der Waals surface area contributed by atoms with Gasteiger partial charge in [-0.05, 0) is 34.9 Å². The molecule has 0 amide bonds. The number of aromatic hydroxyl groups is 1. The molecule has 198 valence electrons. The second-order valence-corrected chi connectivity index (χ2v) is 8.65. The Balaban J connectivity index is 0.00000370. The van der Waals surface area contributed by atoms with Crippen molar-refractivity contribution in [3.05, 3.63) is 138 Å². The normalized spacial score (nSPS) is 11.2. The average molecular weight is 569 g/mol. The molecule has 6 nitrogen and oxygen atoms in total. The molecule has 0 radical (unpaired) electrons. The topological polar surface area (TPSA) is 108 Å². The molecular formula is C33H22N2NiO4. The summed E-state index contributed by atoms with van der Waals surface area (Å²) in [6, 6.07) is 33.0. The summed E-state index contributed by atoms with van der Waals surface area (Å²) < 4.78 is 0. The van der Waals surface area contributed by atoms with E-state index < -0.39 is 0 Å². The standard InChI is InChI=1S/C33H24N2O4.Ni/c36-21-24-13-9-16-26(33(24)39)25-15-8-12-23(32(25)38)20-34-28-17-5-6-18-29(28)35-31(22-10-2-1-3-11-22)27-14-4-7-19-30(27)37;/h1-21,37-39H;/q;+2/p-2. The summed E-state index contributed by atoms with van der Waals surface area (Å²) in [4.78, 5) is 20.7. The summed E-state index contributed by atoms with van der Waals surface area (Å²) >= 11 is 0. The van der Waals surface area contributed by atoms with E-state index >= 15 is 0 Å². The zero-order valence-corrected chi connectivity index (χ0v) is 22.0. The van der Waals surface area contributed by atoms with Crippen LogP contribution in [-0.4, -0.2) is 23.3 Å². The van der Waals surface area contributed by atoms with Crippen LogP contribution in [-0.2, 0) is 16.5 Å². The van der Waals surface area contributed by atoms with Crippen molar-refractivity contribution in [2.45, 2.75) is 0 Å². The Morgan fingerprint density at radius 1 is 0.675 bits per heavy atom. The molecule has 0 aliphatic carbocycles. The zero-order valence-electron chi connectivity index (χ0n) is 21.0. The van der Waals surface area contributed by atoms with Crippen LogP contribution in [0.25, 0.3) is 11.1 Å². The Morgan fingerprint density at radius 2 is 1.30 bits per heavy atom. The van der Waals surface area contributed by atoms with E-state index in [1.807, 2.05) is 42.5 Å². The van der Waals surface area contributed by atoms with Crippen molar-refractivity contribution in [2.24, 2.45) is 9.98 Å². The van der Waals surface area contributed by atoms with Gasteiger partial charge in [0.1, 0.15) is 5.75 Å². The largest absolute Gasteiger partial charge is 2.00 e. The van der Waals surface area contributed by atoms with Crippen LogP contribution >= 0.6 is 0 Å². The first-order valence-electron chi connectivity index (χ1n) is 12.2. The van der Waals surface area contributed by atoms with Gasteiger partial charge in [0.15, 0.2) is 6.29 Å². The van der Waals surface area contributed by atoms with Gasteiger partial charge in [0.2, 0.25) is 0 Å². The van der Waals surface area contributed by atoms with Crippen LogP contribution in [0.2, 0.25) is 0 Å². The summed E-state index contributed by atoms with van der Waals surface area (Å²) in [6.07, 6.45) is 1.99. The number of para-hydroxylation sites is 5. The third-order valence-electron chi connectivity index (χ3n) is 6.18. The van der Waals surface area contributed by atoms with Crippen molar-refractivity contribution in [3.63, 3.8) is 0 Å². The average Bonchev–Trinajstić information content (AvgIpc) is 2.97. The number of aliphatic imine (C=N–C) groups is 2. The van der Waals surface area contributed by atoms with Gasteiger partial charge >= 0.3 is 16.5 Å². The predicted molar refractivity (Wildman–Crippen MR) is 150 cm³/mol. The zero-order chi connectivity index (χ0) is 27.2. The molecule has 7 heteroatoms. The quantitative estimate of drug-likeness (QED) is 0.149. The van der Waals surface area contributed by atoms with Crippen molar-refractivity contribution in [2.75, 3.05) is 0 Å². The molecule has 5 rings (SSSR count). The molecule has 0 atom stereocenters. The molecule has 0 spiro atoms. The van der Waals surface area contributed by atoms with E-state index in [2.05, 4.69) is 4.99 Å². The SMILES string of the molecule is O=Cc1cccc(-c2cccc(C=Nc3ccccc3N=C(c3ccccc3)c3ccccc3[O-])c2[O-])c1O.[Ni+2]. The molecule has 0 fully saturated rings. The molecule has 0 saturated carbocycles. The first kappa shape index (κ1) is 28.0. The van der Waals surface area contributed by atoms with Gasteiger partial charge in [0.05, 0.1) is 22.6 Å². The number of carbonyl (C=O) groups is 1. The smallest absolute Gasteiger partial charge is 0.872 e. The van der Waals surface area contributed by atoms with E-state index in [0.717, 1.165) is 5.56 Å². The van der Waals surface area contributed by atoms with Gasteiger partial charge in [-0.25, -0.2) is 4.99 Å². The van der Waals surface area contributed by atoms with Crippen molar-refractivity contribution in [3.8, 4) is 28.4 Å². The minimum Gasteiger partial charge on any atom is -0.872 e. The van der Waals surface area contributed by atoms with Gasteiger partial charge in [-0.15, -0.1) is 0 Å². The number of nitrogens with zero attached hydrogens (tertiary/aromatic N) is 2. The Hall–Kier alpha value is -5.00. The number of hydrogen-bond acceptors (Lipinski definition) is 6. The Bertz CT molecular complexity index is 1720. The molecule has 1 N–H and O–H groups in total. The van der Waals surface area contributed by atoms with E-state index in [1.165, 1.54) is 18.3 Å². The first-order chi connectivity index (χ1) is 19.1. The third kappa shape index (κ3) is 5.85. The number of phenolic OH excluding ortho intramolecular Hbond substituents is 1. The van der Waals surface area contributed by atoms with Crippen LogP contribution in [0, 0.1) is 0 Å². The molecule has 40 heavy (non-hydrogen) atoms. The maximum Gasteiger partial charge on any atom is 2.00 e. The second-order valence-electron chi connectivity index (χ2n) is 8.65. The number of phenols is 1. The van der Waals surface area contributed by atoms with Crippen LogP contribution in [0.1, 0.15) is 27.0 Å². The minimum atomic E-state index is -0.342. The van der Waals surface area contributed by atoms with Crippen molar-refractivity contribution >= 4 is 29.6 Å². The van der Waals surface area contributed by atoms with E-state index in [0.29, 0.717) is 34.5 Å². The van der Waals surface area contributed by atoms with Gasteiger partial charge in [-0.2, -0.15) is 0 Å². The van der Waals surface area contributed by atoms with Crippen LogP contribution < -0.4 is 10.2 Å². The Morgan fingerprint density at radius 3 is 2.02 bits per heavy atom. The monoisotopic (exact) mass is 568 g/mol. The van der Waals surface area contributed by atoms with E-state index in [-0.39, 0.29) is 50.4 Å². The molecule has 0 saturated heterocycles. The number of rotatable bonds is 7. The number of benzene rings is 5. The van der Waals surface area contributed by atoms with E-state index in [9.17, 15) is 20.1 Å². The Kier molecular flexibility index (Phi) is 8.90. The molecule has 0 bridgehead atoms. The maximum absolute atomic E-state index is 13.3. The van der Waals surface area contributed by atoms with Crippen LogP contribution in [0.4, 0.5) is 11.4 Å². The molecule has 5 aromatic carbocycles. The van der Waals surface area contributed by atoms with Gasteiger partial charge in [-0.1, -0.05) is 109 Å². The molecule has 0 aliphatic heterocycles. The fourth-order valence-corrected chi connectivity index (χ4v) is 4.21. The summed E-state index contributed by atoms with van der Waals surface area (Å²) in [6.45, 7) is 0. The van der Waals surface area contributed by atoms with E-state index in [1.54, 1.807) is 60.7 Å². The second kappa shape index (κ2) is 12.7. The molecule has 5 aromatic rings. The number of aldehydes is 1. The van der Waals surface area contributed by atoms with Crippen molar-refractivity contribution in [1.29, 1.82) is 0 Å². The number of hydrogen-bond donors (Lipinski definition) is 1. The summed E-state index contributed by atoms with van der Waals surface area (Å²) in [5, 5.41) is 36.4. The van der Waals surface area contributed by atoms with Gasteiger partial charge in [0, 0.05) is 17.3 Å². The van der Waals surface area contributed by atoms with Crippen molar-refractivity contribution in [1.82, 2.24) is 0 Å². The molecule has 0 aromatic heterocycles. The minimum absolute atomic E-state index is 0. The van der Waals surface area contributed by atoms with Crippen LogP contribution in [0.15, 0.2) is 125 Å². The predicted octanol–water partition coefficient (Wildman–Crippen LogP) is 5.94. The molecule has 0 heterocycles. The number of carbonyl (C=O) groups excluding carboxylic acids is 1. The van der Waals surface area contributed by atoms with Crippen LogP contribution in [0.3, 0.4) is 0 Å². The molecular weight excluding hydrogens is 547 g/mol. The summed E-state index contributed by atoms with van der Waals surface area (Å²) in [5.41, 5.74) is 3.72. The summed E-state index contributed by atoms with van der Waals surface area (Å²) in [7, 11) is 0. The third-order valence-corrected chi connectivity index (χ3v) is 6.18. The Labute approximate surface area is 241 Å². The fraction of sp³-hybridized carbons (Fsp3) is 0.